The molecule has 4 N–H and O–H groups in total. The van der Waals surface area contributed by atoms with E-state index in [1.807, 2.05) is 0 Å². The van der Waals surface area contributed by atoms with Gasteiger partial charge in [0.15, 0.2) is 0 Å². The zero-order valence-corrected chi connectivity index (χ0v) is 10.8. The summed E-state index contributed by atoms with van der Waals surface area (Å²) in [4.78, 5) is 11.1. The molecule has 0 aliphatic carbocycles. The van der Waals surface area contributed by atoms with Crippen molar-refractivity contribution in [3.63, 3.8) is 0 Å². The number of nitrogens with two attached hydrogens (primary N) is 1. The van der Waals surface area contributed by atoms with Gasteiger partial charge in [-0.15, -0.1) is 0 Å². The Kier molecular flexibility index (Phi) is 3.92. The fraction of sp³-hybridized carbons (Fsp3) is 0.0714. The van der Waals surface area contributed by atoms with Gasteiger partial charge in [-0.3, -0.25) is 4.79 Å². The minimum atomic E-state index is -0.482. The van der Waals surface area contributed by atoms with E-state index in [9.17, 15) is 9.90 Å². The predicted molar refractivity (Wildman–Crippen MR) is 75.4 cm³/mol. The molecule has 0 aliphatic rings. The van der Waals surface area contributed by atoms with Crippen molar-refractivity contribution in [1.82, 2.24) is 0 Å². The van der Waals surface area contributed by atoms with Crippen molar-refractivity contribution >= 4 is 23.2 Å². The highest BCUT2D eigenvalue weighted by molar-refractivity contribution is 6.31. The molecule has 0 radical (unpaired) electrons. The van der Waals surface area contributed by atoms with Crippen LogP contribution in [-0.4, -0.2) is 11.0 Å². The number of rotatable bonds is 4. The van der Waals surface area contributed by atoms with E-state index < -0.39 is 5.91 Å². The Labute approximate surface area is 115 Å². The highest BCUT2D eigenvalue weighted by Gasteiger charge is 2.06. The summed E-state index contributed by atoms with van der Waals surface area (Å²) in [6, 6.07) is 11.8. The molecule has 0 unspecified atom stereocenters. The smallest absolute Gasteiger partial charge is 0.248 e. The molecule has 0 heterocycles. The van der Waals surface area contributed by atoms with Crippen molar-refractivity contribution < 1.29 is 9.90 Å². The van der Waals surface area contributed by atoms with Crippen LogP contribution in [0.25, 0.3) is 0 Å². The molecule has 2 rings (SSSR count). The number of hydrogen-bond donors (Lipinski definition) is 3. The zero-order valence-electron chi connectivity index (χ0n) is 10.1. The summed E-state index contributed by atoms with van der Waals surface area (Å²) < 4.78 is 0. The number of phenols is 1. The third-order valence-corrected chi connectivity index (χ3v) is 3.06. The molecule has 0 aromatic heterocycles. The molecule has 0 bridgehead atoms. The Balaban J connectivity index is 2.15. The SMILES string of the molecule is NC(=O)c1cccc(NCc2c(O)cccc2Cl)c1. The molecule has 0 aliphatic heterocycles. The van der Waals surface area contributed by atoms with E-state index >= 15 is 0 Å². The quantitative estimate of drug-likeness (QED) is 0.804. The van der Waals surface area contributed by atoms with E-state index in [2.05, 4.69) is 5.32 Å². The first-order chi connectivity index (χ1) is 9.08. The Hall–Kier alpha value is -2.20. The van der Waals surface area contributed by atoms with Crippen molar-refractivity contribution in [2.75, 3.05) is 5.32 Å². The van der Waals surface area contributed by atoms with Gasteiger partial charge in [0.05, 0.1) is 0 Å². The molecule has 1 amide bonds. The number of carbonyl (C=O) groups excluding carboxylic acids is 1. The number of nitrogens with one attached hydrogen (secondary N) is 1. The molecule has 0 fully saturated rings. The summed E-state index contributed by atoms with van der Waals surface area (Å²) in [6.45, 7) is 0.355. The lowest BCUT2D eigenvalue weighted by Crippen LogP contribution is -2.11. The maximum Gasteiger partial charge on any atom is 0.248 e. The Bertz CT molecular complexity index is 594. The van der Waals surface area contributed by atoms with Crippen molar-refractivity contribution in [2.24, 2.45) is 5.73 Å². The van der Waals surface area contributed by atoms with Crippen molar-refractivity contribution in [2.45, 2.75) is 6.54 Å². The second kappa shape index (κ2) is 5.63. The van der Waals surface area contributed by atoms with Crippen LogP contribution in [0.4, 0.5) is 5.69 Å². The first-order valence-corrected chi connectivity index (χ1v) is 6.06. The number of aromatic hydroxyl groups is 1. The van der Waals surface area contributed by atoms with Crippen molar-refractivity contribution in [1.29, 1.82) is 0 Å². The van der Waals surface area contributed by atoms with Gasteiger partial charge < -0.3 is 16.2 Å². The summed E-state index contributed by atoms with van der Waals surface area (Å²) in [6.07, 6.45) is 0. The number of hydrogen-bond acceptors (Lipinski definition) is 3. The third-order valence-electron chi connectivity index (χ3n) is 2.71. The molecule has 0 saturated carbocycles. The number of amides is 1. The minimum absolute atomic E-state index is 0.131. The number of benzene rings is 2. The van der Waals surface area contributed by atoms with E-state index in [0.29, 0.717) is 22.7 Å². The lowest BCUT2D eigenvalue weighted by molar-refractivity contribution is 0.100. The number of primary amides is 1. The van der Waals surface area contributed by atoms with E-state index in [0.717, 1.165) is 5.69 Å². The van der Waals surface area contributed by atoms with Crippen molar-refractivity contribution in [3.05, 3.63) is 58.6 Å². The van der Waals surface area contributed by atoms with Gasteiger partial charge in [-0.1, -0.05) is 23.7 Å². The van der Waals surface area contributed by atoms with Gasteiger partial charge in [0.25, 0.3) is 0 Å². The topological polar surface area (TPSA) is 75.4 Å². The zero-order chi connectivity index (χ0) is 13.8. The Morgan fingerprint density at radius 2 is 2.00 bits per heavy atom. The standard InChI is InChI=1S/C14H13ClN2O2/c15-12-5-2-6-13(18)11(12)8-17-10-4-1-3-9(7-10)14(16)19/h1-7,17-18H,8H2,(H2,16,19). The van der Waals surface area contributed by atoms with Crippen LogP contribution in [0, 0.1) is 0 Å². The molecule has 4 nitrogen and oxygen atoms in total. The molecule has 98 valence electrons. The van der Waals surface area contributed by atoms with Crippen LogP contribution in [0.5, 0.6) is 5.75 Å². The summed E-state index contributed by atoms with van der Waals surface area (Å²) in [5.41, 5.74) is 6.97. The lowest BCUT2D eigenvalue weighted by atomic mass is 10.1. The van der Waals surface area contributed by atoms with Crippen LogP contribution in [0.3, 0.4) is 0 Å². The van der Waals surface area contributed by atoms with E-state index in [-0.39, 0.29) is 5.75 Å². The van der Waals surface area contributed by atoms with Crippen LogP contribution >= 0.6 is 11.6 Å². The average Bonchev–Trinajstić information content (AvgIpc) is 2.38. The largest absolute Gasteiger partial charge is 0.508 e. The highest BCUT2D eigenvalue weighted by Crippen LogP contribution is 2.26. The summed E-state index contributed by atoms with van der Waals surface area (Å²) in [5.74, 6) is -0.352. The van der Waals surface area contributed by atoms with E-state index in [1.165, 1.54) is 0 Å². The summed E-state index contributed by atoms with van der Waals surface area (Å²) >= 11 is 6.00. The van der Waals surface area contributed by atoms with Crippen LogP contribution < -0.4 is 11.1 Å². The van der Waals surface area contributed by atoms with Crippen LogP contribution in [-0.2, 0) is 6.54 Å². The van der Waals surface area contributed by atoms with E-state index in [4.69, 9.17) is 17.3 Å². The van der Waals surface area contributed by atoms with Crippen molar-refractivity contribution in [3.8, 4) is 5.75 Å². The summed E-state index contributed by atoms with van der Waals surface area (Å²) in [7, 11) is 0. The van der Waals surface area contributed by atoms with Crippen LogP contribution in [0.1, 0.15) is 15.9 Å². The van der Waals surface area contributed by atoms with Gasteiger partial charge in [-0.2, -0.15) is 0 Å². The maximum absolute atomic E-state index is 11.1. The predicted octanol–water partition coefficient (Wildman–Crippen LogP) is 2.76. The number of carbonyl (C=O) groups is 1. The molecule has 2 aromatic carbocycles. The molecular formula is C14H13ClN2O2. The van der Waals surface area contributed by atoms with Gasteiger partial charge in [-0.25, -0.2) is 0 Å². The van der Waals surface area contributed by atoms with Crippen LogP contribution in [0.2, 0.25) is 5.02 Å². The summed E-state index contributed by atoms with van der Waals surface area (Å²) in [5, 5.41) is 13.3. The first kappa shape index (κ1) is 13.2. The van der Waals surface area contributed by atoms with Gasteiger partial charge in [-0.05, 0) is 30.3 Å². The molecular weight excluding hydrogens is 264 g/mol. The number of phenolic OH excluding ortho intramolecular Hbond substituents is 1. The lowest BCUT2D eigenvalue weighted by Gasteiger charge is -2.10. The normalized spacial score (nSPS) is 10.2. The monoisotopic (exact) mass is 276 g/mol. The fourth-order valence-corrected chi connectivity index (χ4v) is 1.93. The molecule has 0 atom stereocenters. The molecule has 0 spiro atoms. The fourth-order valence-electron chi connectivity index (χ4n) is 1.70. The average molecular weight is 277 g/mol. The molecule has 2 aromatic rings. The second-order valence-electron chi connectivity index (χ2n) is 4.04. The van der Waals surface area contributed by atoms with Gasteiger partial charge in [0, 0.05) is 28.4 Å². The molecule has 0 saturated heterocycles. The number of halogens is 1. The third kappa shape index (κ3) is 3.17. The Morgan fingerprint density at radius 3 is 2.68 bits per heavy atom. The van der Waals surface area contributed by atoms with Crippen LogP contribution in [0.15, 0.2) is 42.5 Å². The molecule has 5 heteroatoms. The van der Waals surface area contributed by atoms with Gasteiger partial charge in [0.2, 0.25) is 5.91 Å². The Morgan fingerprint density at radius 1 is 1.26 bits per heavy atom. The van der Waals surface area contributed by atoms with Gasteiger partial charge >= 0.3 is 0 Å². The van der Waals surface area contributed by atoms with E-state index in [1.54, 1.807) is 42.5 Å². The highest BCUT2D eigenvalue weighted by atomic mass is 35.5. The van der Waals surface area contributed by atoms with Gasteiger partial charge in [0.1, 0.15) is 5.75 Å². The maximum atomic E-state index is 11.1. The second-order valence-corrected chi connectivity index (χ2v) is 4.44. The molecule has 19 heavy (non-hydrogen) atoms. The first-order valence-electron chi connectivity index (χ1n) is 5.68. The minimum Gasteiger partial charge on any atom is -0.508 e. The number of anilines is 1.